The van der Waals surface area contributed by atoms with Gasteiger partial charge in [-0.2, -0.15) is 25.6 Å². The summed E-state index contributed by atoms with van der Waals surface area (Å²) >= 11 is 0. The van der Waals surface area contributed by atoms with E-state index in [2.05, 4.69) is 0 Å². The fourth-order valence-electron chi connectivity index (χ4n) is 0.711. The van der Waals surface area contributed by atoms with Crippen molar-refractivity contribution in [1.82, 2.24) is 8.25 Å². The van der Waals surface area contributed by atoms with Crippen molar-refractivity contribution < 1.29 is 63.7 Å². The number of hydrogen-bond donors (Lipinski definition) is 3. The molecule has 13 nitrogen and oxygen atoms in total. The lowest BCUT2D eigenvalue weighted by atomic mass is 10.5. The van der Waals surface area contributed by atoms with Gasteiger partial charge >= 0.3 is 15.7 Å². The minimum absolute atomic E-state index is 0.0817. The predicted molar refractivity (Wildman–Crippen MR) is 87.9 cm³/mol. The summed E-state index contributed by atoms with van der Waals surface area (Å²) in [6.45, 7) is -1.69. The average Bonchev–Trinajstić information content (AvgIpc) is 2.16. The molecule has 0 aliphatic carbocycles. The molecule has 174 valence electrons. The highest BCUT2D eigenvalue weighted by molar-refractivity contribution is 8.04. The SMILES string of the molecule is CS(=O)(=O)NS(C)(=O)=O.CS(=O)(=O)O.O=S(=O)(F)NS(=O)(=O)C(F)(F)CCF. The van der Waals surface area contributed by atoms with Gasteiger partial charge in [0.2, 0.25) is 20.0 Å². The van der Waals surface area contributed by atoms with E-state index >= 15 is 0 Å². The Hall–Kier alpha value is -0.650. The van der Waals surface area contributed by atoms with Crippen LogP contribution in [0.3, 0.4) is 0 Å². The third kappa shape index (κ3) is 25.4. The van der Waals surface area contributed by atoms with Gasteiger partial charge < -0.3 is 0 Å². The van der Waals surface area contributed by atoms with Crippen LogP contribution in [0.4, 0.5) is 17.1 Å². The quantitative estimate of drug-likeness (QED) is 0.188. The van der Waals surface area contributed by atoms with Crippen LogP contribution in [-0.2, 0) is 50.6 Å². The summed E-state index contributed by atoms with van der Waals surface area (Å²) in [6.07, 6.45) is 0.507. The molecule has 0 aliphatic rings. The zero-order chi connectivity index (χ0) is 23.8. The van der Waals surface area contributed by atoms with Crippen LogP contribution in [0.1, 0.15) is 6.42 Å². The van der Waals surface area contributed by atoms with E-state index < -0.39 is 68.9 Å². The maximum atomic E-state index is 12.4. The highest BCUT2D eigenvalue weighted by Gasteiger charge is 2.47. The van der Waals surface area contributed by atoms with Crippen molar-refractivity contribution in [3.05, 3.63) is 0 Å². The van der Waals surface area contributed by atoms with Crippen LogP contribution in [0.2, 0.25) is 0 Å². The van der Waals surface area contributed by atoms with E-state index in [1.807, 2.05) is 0 Å². The van der Waals surface area contributed by atoms with Gasteiger partial charge in [0.05, 0.1) is 31.9 Å². The molecule has 3 N–H and O–H groups in total. The Kier molecular flexibility index (Phi) is 12.5. The van der Waals surface area contributed by atoms with E-state index in [0.717, 1.165) is 12.5 Å². The first-order valence-corrected chi connectivity index (χ1v) is 14.2. The smallest absolute Gasteiger partial charge is 0.286 e. The molecule has 0 amide bonds. The van der Waals surface area contributed by atoms with Gasteiger partial charge in [0.25, 0.3) is 20.1 Å². The second-order valence-corrected chi connectivity index (χ2v) is 12.8. The molecule has 0 heterocycles. The molecular weight excluding hydrogens is 512 g/mol. The predicted octanol–water partition coefficient (Wildman–Crippen LogP) is -1.93. The molecule has 0 atom stereocenters. The average molecular weight is 529 g/mol. The maximum Gasteiger partial charge on any atom is 0.385 e. The summed E-state index contributed by atoms with van der Waals surface area (Å²) in [4.78, 5) is 0. The molecule has 0 saturated carbocycles. The molecule has 0 aromatic rings. The molecule has 22 heteroatoms. The molecule has 0 aliphatic heterocycles. The highest BCUT2D eigenvalue weighted by atomic mass is 32.3. The second kappa shape index (κ2) is 10.9. The van der Waals surface area contributed by atoms with Gasteiger partial charge in [-0.15, -0.1) is 4.13 Å². The van der Waals surface area contributed by atoms with Crippen LogP contribution < -0.4 is 8.25 Å². The van der Waals surface area contributed by atoms with Crippen molar-refractivity contribution >= 4 is 50.6 Å². The minimum Gasteiger partial charge on any atom is -0.286 e. The zero-order valence-electron chi connectivity index (χ0n) is 14.0. The van der Waals surface area contributed by atoms with Crippen molar-refractivity contribution in [2.45, 2.75) is 11.7 Å². The third-order valence-corrected chi connectivity index (χ3v) is 6.38. The van der Waals surface area contributed by atoms with Crippen molar-refractivity contribution in [2.75, 3.05) is 25.4 Å². The van der Waals surface area contributed by atoms with Crippen LogP contribution in [0.15, 0.2) is 0 Å². The second-order valence-electron chi connectivity index (χ2n) is 4.46. The molecule has 0 unspecified atom stereocenters. The standard InChI is InChI=1S/C3H5F4NO4S2.C2H7NO4S2.CH4O3S/c4-2-1-3(5,6)13(9,10)8-14(7,11)12;1-8(4,5)3-9(2,6)7;1-5(2,3)4/h8H,1-2H2;3H,1-2H3;1H3,(H,2,3,4). The third-order valence-electron chi connectivity index (χ3n) is 1.29. The van der Waals surface area contributed by atoms with Crippen molar-refractivity contribution in [2.24, 2.45) is 0 Å². The Morgan fingerprint density at radius 2 is 1.07 bits per heavy atom. The van der Waals surface area contributed by atoms with Gasteiger partial charge in [0.15, 0.2) is 0 Å². The molecule has 0 aromatic carbocycles. The van der Waals surface area contributed by atoms with Crippen molar-refractivity contribution in [1.29, 1.82) is 0 Å². The van der Waals surface area contributed by atoms with Crippen LogP contribution in [0.25, 0.3) is 0 Å². The molecule has 0 bridgehead atoms. The van der Waals surface area contributed by atoms with Crippen LogP contribution >= 0.6 is 0 Å². The van der Waals surface area contributed by atoms with E-state index in [1.165, 1.54) is 4.13 Å². The van der Waals surface area contributed by atoms with Crippen molar-refractivity contribution in [3.63, 3.8) is 0 Å². The summed E-state index contributed by atoms with van der Waals surface area (Å²) in [6, 6.07) is 0. The van der Waals surface area contributed by atoms with E-state index in [4.69, 9.17) is 4.55 Å². The number of hydrogen-bond acceptors (Lipinski definition) is 10. The molecule has 0 aromatic heterocycles. The summed E-state index contributed by atoms with van der Waals surface area (Å²) in [5, 5.41) is -4.68. The number of alkyl halides is 3. The Bertz CT molecular complexity index is 977. The molecule has 0 spiro atoms. The zero-order valence-corrected chi connectivity index (χ0v) is 18.1. The minimum atomic E-state index is -5.82. The number of rotatable bonds is 7. The normalized spacial score (nSPS) is 13.6. The lowest BCUT2D eigenvalue weighted by molar-refractivity contribution is 0.0732. The summed E-state index contributed by atoms with van der Waals surface area (Å²) in [5.74, 6) is 0. The van der Waals surface area contributed by atoms with Gasteiger partial charge in [-0.05, 0) is 0 Å². The van der Waals surface area contributed by atoms with Gasteiger partial charge in [0, 0.05) is 0 Å². The largest absolute Gasteiger partial charge is 0.385 e. The topological polar surface area (TPSA) is 215 Å². The summed E-state index contributed by atoms with van der Waals surface area (Å²) in [5.41, 5.74) is 0. The first-order chi connectivity index (χ1) is 11.7. The molecule has 0 fully saturated rings. The lowest BCUT2D eigenvalue weighted by Crippen LogP contribution is -2.41. The Labute approximate surface area is 159 Å². The Balaban J connectivity index is -0.000000381. The number of nitrogens with one attached hydrogen (secondary N) is 2. The van der Waals surface area contributed by atoms with Crippen LogP contribution in [0.5, 0.6) is 0 Å². The van der Waals surface area contributed by atoms with Crippen LogP contribution in [0, 0.1) is 0 Å². The molecule has 0 rings (SSSR count). The van der Waals surface area contributed by atoms with Gasteiger partial charge in [0.1, 0.15) is 0 Å². The van der Waals surface area contributed by atoms with E-state index in [0.29, 0.717) is 6.26 Å². The first kappa shape index (κ1) is 32.0. The molecule has 0 radical (unpaired) electrons. The fourth-order valence-corrected chi connectivity index (χ4v) is 4.79. The van der Waals surface area contributed by atoms with E-state index in [1.54, 1.807) is 0 Å². The molecular formula is C6H16F4N2O11S5. The Morgan fingerprint density at radius 1 is 0.786 bits per heavy atom. The molecule has 0 saturated heterocycles. The van der Waals surface area contributed by atoms with E-state index in [-0.39, 0.29) is 4.13 Å². The summed E-state index contributed by atoms with van der Waals surface area (Å²) in [7, 11) is -22.5. The maximum absolute atomic E-state index is 12.4. The number of sulfonamides is 3. The summed E-state index contributed by atoms with van der Waals surface area (Å²) < 4.78 is 156. The monoisotopic (exact) mass is 528 g/mol. The Morgan fingerprint density at radius 3 is 1.21 bits per heavy atom. The van der Waals surface area contributed by atoms with Gasteiger partial charge in [-0.3, -0.25) is 8.94 Å². The molecule has 28 heavy (non-hydrogen) atoms. The van der Waals surface area contributed by atoms with Gasteiger partial charge in [-0.1, -0.05) is 8.01 Å². The van der Waals surface area contributed by atoms with Crippen molar-refractivity contribution in [3.8, 4) is 0 Å². The fraction of sp³-hybridized carbons (Fsp3) is 1.00. The lowest BCUT2D eigenvalue weighted by Gasteiger charge is -2.13. The number of halogens is 4. The first-order valence-electron chi connectivity index (χ1n) is 5.75. The highest BCUT2D eigenvalue weighted by Crippen LogP contribution is 2.25. The van der Waals surface area contributed by atoms with Gasteiger partial charge in [-0.25, -0.2) is 25.3 Å². The van der Waals surface area contributed by atoms with E-state index in [9.17, 15) is 59.1 Å². The van der Waals surface area contributed by atoms with Crippen LogP contribution in [-0.4, -0.2) is 77.3 Å².